The third kappa shape index (κ3) is 1.90. The van der Waals surface area contributed by atoms with Crippen LogP contribution in [-0.4, -0.2) is 65.5 Å². The molecule has 1 unspecified atom stereocenters. The number of rotatable bonds is 3. The lowest BCUT2D eigenvalue weighted by atomic mass is 9.71. The number of alkyl halides is 3. The van der Waals surface area contributed by atoms with Gasteiger partial charge in [-0.3, -0.25) is 14.4 Å². The highest BCUT2D eigenvalue weighted by atomic mass is 19.4. The van der Waals surface area contributed by atoms with Gasteiger partial charge in [-0.15, -0.1) is 0 Å². The van der Waals surface area contributed by atoms with Crippen molar-refractivity contribution >= 4 is 18.3 Å². The molecule has 6 nitrogen and oxygen atoms in total. The van der Waals surface area contributed by atoms with Crippen LogP contribution >= 0.6 is 0 Å². The molecule has 0 aromatic rings. The average molecular weight is 320 g/mol. The molecule has 1 atom stereocenters. The Kier molecular flexibility index (Phi) is 2.99. The SMILES string of the molecule is O=CN1CC(C(=O)O)C2(C1)CN(C(=O)C1(C(F)(F)F)CC1)C2. The molecule has 9 heteroatoms. The molecule has 1 aliphatic carbocycles. The van der Waals surface area contributed by atoms with E-state index in [2.05, 4.69) is 0 Å². The lowest BCUT2D eigenvalue weighted by molar-refractivity contribution is -0.206. The van der Waals surface area contributed by atoms with Crippen LogP contribution in [-0.2, 0) is 14.4 Å². The number of halogens is 3. The van der Waals surface area contributed by atoms with Crippen molar-refractivity contribution in [1.29, 1.82) is 0 Å². The summed E-state index contributed by atoms with van der Waals surface area (Å²) in [5, 5.41) is 9.23. The molecular formula is C13H15F3N2O4. The summed E-state index contributed by atoms with van der Waals surface area (Å²) in [5.74, 6) is -2.89. The zero-order valence-corrected chi connectivity index (χ0v) is 11.6. The van der Waals surface area contributed by atoms with E-state index in [4.69, 9.17) is 0 Å². The van der Waals surface area contributed by atoms with E-state index in [1.54, 1.807) is 0 Å². The van der Waals surface area contributed by atoms with Gasteiger partial charge in [0.2, 0.25) is 12.3 Å². The molecule has 22 heavy (non-hydrogen) atoms. The molecule has 2 amide bonds. The molecule has 3 aliphatic rings. The number of nitrogens with zero attached hydrogens (tertiary/aromatic N) is 2. The predicted octanol–water partition coefficient (Wildman–Crippen LogP) is 0.330. The number of carbonyl (C=O) groups excluding carboxylic acids is 2. The van der Waals surface area contributed by atoms with Gasteiger partial charge in [0.25, 0.3) is 0 Å². The standard InChI is InChI=1S/C13H15F3N2O4/c14-13(15,16)12(1-2-12)10(22)18-5-11(6-18)4-17(7-19)3-8(11)9(20)21/h7-8H,1-6H2,(H,20,21). The highest BCUT2D eigenvalue weighted by Gasteiger charge is 2.71. The van der Waals surface area contributed by atoms with Crippen LogP contribution in [0.1, 0.15) is 12.8 Å². The molecule has 3 rings (SSSR count). The van der Waals surface area contributed by atoms with Crippen LogP contribution in [0.15, 0.2) is 0 Å². The highest BCUT2D eigenvalue weighted by molar-refractivity contribution is 5.87. The number of carboxylic acids is 1. The number of carboxylic acid groups (broad SMARTS) is 1. The van der Waals surface area contributed by atoms with Crippen molar-refractivity contribution in [3.63, 3.8) is 0 Å². The second kappa shape index (κ2) is 4.36. The summed E-state index contributed by atoms with van der Waals surface area (Å²) in [7, 11) is 0. The number of amides is 2. The maximum Gasteiger partial charge on any atom is 0.403 e. The van der Waals surface area contributed by atoms with Gasteiger partial charge in [-0.05, 0) is 12.8 Å². The second-order valence-electron chi connectivity index (χ2n) is 6.53. The quantitative estimate of drug-likeness (QED) is 0.760. The zero-order valence-electron chi connectivity index (χ0n) is 11.6. The van der Waals surface area contributed by atoms with Gasteiger partial charge in [0.05, 0.1) is 5.92 Å². The number of hydrogen-bond donors (Lipinski definition) is 1. The largest absolute Gasteiger partial charge is 0.481 e. The number of aliphatic carboxylic acids is 1. The van der Waals surface area contributed by atoms with Crippen molar-refractivity contribution < 1.29 is 32.7 Å². The Hall–Kier alpha value is -1.80. The molecule has 1 N–H and O–H groups in total. The maximum absolute atomic E-state index is 13.0. The summed E-state index contributed by atoms with van der Waals surface area (Å²) >= 11 is 0. The molecule has 1 spiro atoms. The fourth-order valence-electron chi connectivity index (χ4n) is 3.65. The van der Waals surface area contributed by atoms with Crippen molar-refractivity contribution in [3.05, 3.63) is 0 Å². The minimum absolute atomic E-state index is 0.0330. The summed E-state index contributed by atoms with van der Waals surface area (Å²) in [4.78, 5) is 36.6. The first-order valence-electron chi connectivity index (χ1n) is 6.93. The number of carbonyl (C=O) groups is 3. The van der Waals surface area contributed by atoms with Crippen molar-refractivity contribution in [2.45, 2.75) is 19.0 Å². The topological polar surface area (TPSA) is 77.9 Å². The van der Waals surface area contributed by atoms with E-state index in [9.17, 15) is 32.7 Å². The molecule has 0 radical (unpaired) electrons. The van der Waals surface area contributed by atoms with Crippen LogP contribution in [0, 0.1) is 16.7 Å². The first-order valence-corrected chi connectivity index (χ1v) is 6.93. The predicted molar refractivity (Wildman–Crippen MR) is 65.5 cm³/mol. The zero-order chi connectivity index (χ0) is 16.3. The third-order valence-electron chi connectivity index (χ3n) is 5.12. The normalized spacial score (nSPS) is 28.4. The minimum atomic E-state index is -4.57. The highest BCUT2D eigenvalue weighted by Crippen LogP contribution is 2.60. The van der Waals surface area contributed by atoms with Gasteiger partial charge in [-0.25, -0.2) is 0 Å². The van der Waals surface area contributed by atoms with E-state index in [0.29, 0.717) is 6.41 Å². The molecular weight excluding hydrogens is 305 g/mol. The third-order valence-corrected chi connectivity index (χ3v) is 5.12. The second-order valence-corrected chi connectivity index (χ2v) is 6.53. The summed E-state index contributed by atoms with van der Waals surface area (Å²) in [6.07, 6.45) is -4.44. The Morgan fingerprint density at radius 2 is 1.77 bits per heavy atom. The van der Waals surface area contributed by atoms with Crippen molar-refractivity contribution in [1.82, 2.24) is 9.80 Å². The lowest BCUT2D eigenvalue weighted by Crippen LogP contribution is -2.65. The van der Waals surface area contributed by atoms with Gasteiger partial charge >= 0.3 is 12.1 Å². The molecule has 0 aromatic heterocycles. The lowest BCUT2D eigenvalue weighted by Gasteiger charge is -2.50. The van der Waals surface area contributed by atoms with Gasteiger partial charge in [-0.1, -0.05) is 0 Å². The Morgan fingerprint density at radius 3 is 2.18 bits per heavy atom. The summed E-state index contributed by atoms with van der Waals surface area (Å²) in [5.41, 5.74) is -3.08. The number of hydrogen-bond acceptors (Lipinski definition) is 3. The molecule has 0 bridgehead atoms. The van der Waals surface area contributed by atoms with Crippen LogP contribution in [0.4, 0.5) is 13.2 Å². The fraction of sp³-hybridized carbons (Fsp3) is 0.769. The van der Waals surface area contributed by atoms with E-state index < -0.39 is 34.8 Å². The molecule has 0 aromatic carbocycles. The van der Waals surface area contributed by atoms with Crippen LogP contribution in [0.2, 0.25) is 0 Å². The van der Waals surface area contributed by atoms with Gasteiger partial charge in [0, 0.05) is 31.6 Å². The summed E-state index contributed by atoms with van der Waals surface area (Å²) in [6.45, 7) is 0.123. The Morgan fingerprint density at radius 1 is 1.18 bits per heavy atom. The first kappa shape index (κ1) is 15.1. The van der Waals surface area contributed by atoms with Crippen molar-refractivity contribution in [3.8, 4) is 0 Å². The fourth-order valence-corrected chi connectivity index (χ4v) is 3.65. The van der Waals surface area contributed by atoms with Gasteiger partial charge < -0.3 is 14.9 Å². The first-order chi connectivity index (χ1) is 10.2. The van der Waals surface area contributed by atoms with Crippen molar-refractivity contribution in [2.24, 2.45) is 16.7 Å². The van der Waals surface area contributed by atoms with E-state index in [1.165, 1.54) is 4.90 Å². The van der Waals surface area contributed by atoms with Crippen LogP contribution in [0.3, 0.4) is 0 Å². The maximum atomic E-state index is 13.0. The summed E-state index contributed by atoms with van der Waals surface area (Å²) in [6, 6.07) is 0. The van der Waals surface area contributed by atoms with E-state index in [-0.39, 0.29) is 39.0 Å². The van der Waals surface area contributed by atoms with Crippen LogP contribution in [0.25, 0.3) is 0 Å². The van der Waals surface area contributed by atoms with Crippen molar-refractivity contribution in [2.75, 3.05) is 26.2 Å². The van der Waals surface area contributed by atoms with E-state index in [0.717, 1.165) is 4.90 Å². The Labute approximate surface area is 123 Å². The van der Waals surface area contributed by atoms with Gasteiger partial charge in [0.1, 0.15) is 5.41 Å². The van der Waals surface area contributed by atoms with Crippen LogP contribution < -0.4 is 0 Å². The van der Waals surface area contributed by atoms with Crippen LogP contribution in [0.5, 0.6) is 0 Å². The minimum Gasteiger partial charge on any atom is -0.481 e. The molecule has 2 saturated heterocycles. The molecule has 1 saturated carbocycles. The number of likely N-dealkylation sites (tertiary alicyclic amines) is 2. The van der Waals surface area contributed by atoms with E-state index in [1.807, 2.05) is 0 Å². The monoisotopic (exact) mass is 320 g/mol. The molecule has 2 heterocycles. The van der Waals surface area contributed by atoms with E-state index >= 15 is 0 Å². The Bertz CT molecular complexity index is 538. The smallest absolute Gasteiger partial charge is 0.403 e. The molecule has 122 valence electrons. The Balaban J connectivity index is 1.72. The average Bonchev–Trinajstić information content (AvgIpc) is 3.10. The van der Waals surface area contributed by atoms with Gasteiger partial charge in [-0.2, -0.15) is 13.2 Å². The van der Waals surface area contributed by atoms with Gasteiger partial charge in [0.15, 0.2) is 0 Å². The molecule has 3 fully saturated rings. The summed E-state index contributed by atoms with van der Waals surface area (Å²) < 4.78 is 38.9. The molecule has 2 aliphatic heterocycles.